The monoisotopic (exact) mass is 660 g/mol. The van der Waals surface area contributed by atoms with Gasteiger partial charge in [0, 0.05) is 18.2 Å². The lowest BCUT2D eigenvalue weighted by molar-refractivity contribution is -0.138. The summed E-state index contributed by atoms with van der Waals surface area (Å²) in [6.45, 7) is 11.7. The number of carbonyl (C=O) groups excluding carboxylic acids is 4. The normalized spacial score (nSPS) is 10.4. The predicted octanol–water partition coefficient (Wildman–Crippen LogP) is 6.69. The van der Waals surface area contributed by atoms with Crippen LogP contribution in [0.4, 0.5) is 0 Å². The molecule has 3 aromatic carbocycles. The molecule has 11 heteroatoms. The molecule has 0 bridgehead atoms. The fourth-order valence-corrected chi connectivity index (χ4v) is 3.93. The van der Waals surface area contributed by atoms with Crippen LogP contribution in [0.2, 0.25) is 0 Å². The first kappa shape index (κ1) is 36.9. The van der Waals surface area contributed by atoms with Crippen LogP contribution in [0.5, 0.6) is 28.7 Å². The van der Waals surface area contributed by atoms with Crippen LogP contribution in [-0.4, -0.2) is 56.4 Å². The number of ether oxygens (including phenoxy) is 7. The van der Waals surface area contributed by atoms with Gasteiger partial charge in [0.05, 0.1) is 43.7 Å². The van der Waals surface area contributed by atoms with Crippen LogP contribution in [-0.2, 0) is 19.1 Å². The lowest BCUT2D eigenvalue weighted by Crippen LogP contribution is -2.13. The highest BCUT2D eigenvalue weighted by Gasteiger charge is 2.17. The Hall–Kier alpha value is -5.58. The second-order valence-corrected chi connectivity index (χ2v) is 10.5. The zero-order valence-electron chi connectivity index (χ0n) is 27.1. The molecule has 254 valence electrons. The molecule has 0 unspecified atom stereocenters. The van der Waals surface area contributed by atoms with Crippen LogP contribution in [0, 0.1) is 0 Å². The summed E-state index contributed by atoms with van der Waals surface area (Å²) in [5.74, 6) is -0.370. The van der Waals surface area contributed by atoms with Gasteiger partial charge in [-0.1, -0.05) is 13.2 Å². The van der Waals surface area contributed by atoms with Crippen molar-refractivity contribution in [3.63, 3.8) is 0 Å². The van der Waals surface area contributed by atoms with E-state index < -0.39 is 23.9 Å². The van der Waals surface area contributed by atoms with E-state index >= 15 is 0 Å². The second kappa shape index (κ2) is 19.8. The SMILES string of the molecule is C=CC(=O)OCCCCOc1ccc(C(=O)Oc2ccc(OC(=O)c3ccc(OCCCCOC(=O)C=C)cc3)c(OC(C)C)c2)cc1. The van der Waals surface area contributed by atoms with E-state index in [0.29, 0.717) is 61.5 Å². The van der Waals surface area contributed by atoms with Gasteiger partial charge in [-0.15, -0.1) is 0 Å². The maximum atomic E-state index is 12.9. The highest BCUT2D eigenvalue weighted by atomic mass is 16.6. The minimum Gasteiger partial charge on any atom is -0.494 e. The Morgan fingerprint density at radius 3 is 1.48 bits per heavy atom. The first-order valence-electron chi connectivity index (χ1n) is 15.5. The first-order chi connectivity index (χ1) is 23.2. The van der Waals surface area contributed by atoms with Gasteiger partial charge in [-0.2, -0.15) is 0 Å². The van der Waals surface area contributed by atoms with Gasteiger partial charge in [-0.05, 0) is 100 Å². The molecule has 0 spiro atoms. The van der Waals surface area contributed by atoms with E-state index in [0.717, 1.165) is 12.2 Å². The molecule has 3 aromatic rings. The summed E-state index contributed by atoms with van der Waals surface area (Å²) in [4.78, 5) is 47.8. The minimum absolute atomic E-state index is 0.159. The Bertz CT molecular complexity index is 1530. The van der Waals surface area contributed by atoms with Crippen LogP contribution < -0.4 is 23.7 Å². The van der Waals surface area contributed by atoms with Gasteiger partial charge in [0.15, 0.2) is 11.5 Å². The largest absolute Gasteiger partial charge is 0.494 e. The van der Waals surface area contributed by atoms with Crippen LogP contribution in [0.25, 0.3) is 0 Å². The molecule has 0 aliphatic carbocycles. The molecule has 0 saturated heterocycles. The molecule has 0 aromatic heterocycles. The summed E-state index contributed by atoms with van der Waals surface area (Å²) in [7, 11) is 0. The van der Waals surface area contributed by atoms with E-state index in [2.05, 4.69) is 13.2 Å². The Balaban J connectivity index is 1.51. The topological polar surface area (TPSA) is 133 Å². The van der Waals surface area contributed by atoms with Crippen LogP contribution >= 0.6 is 0 Å². The molecule has 0 radical (unpaired) electrons. The molecule has 0 amide bonds. The van der Waals surface area contributed by atoms with Gasteiger partial charge >= 0.3 is 23.9 Å². The zero-order valence-corrected chi connectivity index (χ0v) is 27.1. The molecule has 3 rings (SSSR count). The van der Waals surface area contributed by atoms with E-state index in [1.54, 1.807) is 48.5 Å². The average molecular weight is 661 g/mol. The summed E-state index contributed by atoms with van der Waals surface area (Å²) in [6.07, 6.45) is 4.64. The predicted molar refractivity (Wildman–Crippen MR) is 177 cm³/mol. The van der Waals surface area contributed by atoms with Gasteiger partial charge in [0.2, 0.25) is 0 Å². The zero-order chi connectivity index (χ0) is 34.7. The number of hydrogen-bond acceptors (Lipinski definition) is 11. The number of rotatable bonds is 20. The minimum atomic E-state index is -0.609. The van der Waals surface area contributed by atoms with Crippen molar-refractivity contribution in [3.8, 4) is 28.7 Å². The van der Waals surface area contributed by atoms with Crippen LogP contribution in [0.15, 0.2) is 92.0 Å². The third kappa shape index (κ3) is 13.0. The molecule has 0 fully saturated rings. The second-order valence-electron chi connectivity index (χ2n) is 10.5. The molecule has 0 heterocycles. The molecular weight excluding hydrogens is 620 g/mol. The Labute approximate surface area is 280 Å². The van der Waals surface area contributed by atoms with Gasteiger partial charge in [0.1, 0.15) is 17.2 Å². The summed E-state index contributed by atoms with van der Waals surface area (Å²) < 4.78 is 38.2. The van der Waals surface area contributed by atoms with E-state index in [-0.39, 0.29) is 36.6 Å². The van der Waals surface area contributed by atoms with Crippen LogP contribution in [0.1, 0.15) is 60.2 Å². The summed E-state index contributed by atoms with van der Waals surface area (Å²) in [6, 6.07) is 17.5. The van der Waals surface area contributed by atoms with Gasteiger partial charge in [-0.3, -0.25) is 0 Å². The first-order valence-corrected chi connectivity index (χ1v) is 15.5. The highest BCUT2D eigenvalue weighted by molar-refractivity contribution is 5.92. The van der Waals surface area contributed by atoms with E-state index in [1.807, 2.05) is 13.8 Å². The summed E-state index contributed by atoms with van der Waals surface area (Å²) >= 11 is 0. The lowest BCUT2D eigenvalue weighted by atomic mass is 10.2. The number of hydrogen-bond donors (Lipinski definition) is 0. The molecule has 0 aliphatic heterocycles. The third-order valence-corrected chi connectivity index (χ3v) is 6.31. The van der Waals surface area contributed by atoms with Crippen molar-refractivity contribution in [2.75, 3.05) is 26.4 Å². The maximum Gasteiger partial charge on any atom is 0.343 e. The summed E-state index contributed by atoms with van der Waals surface area (Å²) in [5, 5.41) is 0. The molecule has 11 nitrogen and oxygen atoms in total. The van der Waals surface area contributed by atoms with Crippen LogP contribution in [0.3, 0.4) is 0 Å². The van der Waals surface area contributed by atoms with E-state index in [4.69, 9.17) is 33.2 Å². The van der Waals surface area contributed by atoms with E-state index in [9.17, 15) is 19.2 Å². The number of benzene rings is 3. The van der Waals surface area contributed by atoms with Crippen molar-refractivity contribution in [2.24, 2.45) is 0 Å². The fraction of sp³-hybridized carbons (Fsp3) is 0.297. The Morgan fingerprint density at radius 1 is 0.583 bits per heavy atom. The quantitative estimate of drug-likeness (QED) is 0.0556. The number of carbonyl (C=O) groups is 4. The molecule has 0 atom stereocenters. The van der Waals surface area contributed by atoms with Crippen molar-refractivity contribution < 1.29 is 52.3 Å². The molecule has 0 aliphatic rings. The smallest absolute Gasteiger partial charge is 0.343 e. The van der Waals surface area contributed by atoms with Crippen molar-refractivity contribution in [1.82, 2.24) is 0 Å². The number of unbranched alkanes of at least 4 members (excludes halogenated alkanes) is 2. The van der Waals surface area contributed by atoms with Crippen molar-refractivity contribution in [2.45, 2.75) is 45.6 Å². The molecule has 48 heavy (non-hydrogen) atoms. The molecule has 0 N–H and O–H groups in total. The van der Waals surface area contributed by atoms with Crippen molar-refractivity contribution in [3.05, 3.63) is 103 Å². The lowest BCUT2D eigenvalue weighted by Gasteiger charge is -2.15. The molecule has 0 saturated carbocycles. The van der Waals surface area contributed by atoms with Crippen molar-refractivity contribution >= 4 is 23.9 Å². The van der Waals surface area contributed by atoms with Gasteiger partial charge in [-0.25, -0.2) is 19.2 Å². The fourth-order valence-electron chi connectivity index (χ4n) is 3.93. The Morgan fingerprint density at radius 2 is 1.02 bits per heavy atom. The maximum absolute atomic E-state index is 12.9. The Kier molecular flexibility index (Phi) is 15.2. The standard InChI is InChI=1S/C37H40O11/c1-5-34(38)44-23-9-7-21-42-29-15-11-27(12-16-29)36(40)47-31-19-20-32(33(25-31)46-26(3)4)48-37(41)28-13-17-30(18-14-28)43-22-8-10-24-45-35(39)6-2/h5-6,11-20,25-26H,1-2,7-10,21-24H2,3-4H3. The van der Waals surface area contributed by atoms with Gasteiger partial charge in [0.25, 0.3) is 0 Å². The summed E-state index contributed by atoms with van der Waals surface area (Å²) in [5.41, 5.74) is 0.605. The van der Waals surface area contributed by atoms with Gasteiger partial charge < -0.3 is 33.2 Å². The third-order valence-electron chi connectivity index (χ3n) is 6.31. The molecular formula is C37H40O11. The van der Waals surface area contributed by atoms with E-state index in [1.165, 1.54) is 18.2 Å². The number of esters is 4. The van der Waals surface area contributed by atoms with Crippen molar-refractivity contribution in [1.29, 1.82) is 0 Å². The highest BCUT2D eigenvalue weighted by Crippen LogP contribution is 2.33. The average Bonchev–Trinajstić information content (AvgIpc) is 3.08.